The van der Waals surface area contributed by atoms with Crippen molar-refractivity contribution >= 4 is 67.0 Å². The van der Waals surface area contributed by atoms with Gasteiger partial charge in [-0.1, -0.05) is 11.6 Å². The number of halogens is 4. The van der Waals surface area contributed by atoms with Gasteiger partial charge in [-0.3, -0.25) is 0 Å². The molecular formula is C25H26Cl3FN4O4S2. The third kappa shape index (κ3) is 5.37. The zero-order valence-corrected chi connectivity index (χ0v) is 24.8. The highest BCUT2D eigenvalue weighted by Gasteiger charge is 2.65. The molecule has 4 atom stereocenters. The van der Waals surface area contributed by atoms with Gasteiger partial charge in [-0.05, 0) is 48.9 Å². The number of nitrogens with zero attached hydrogens (tertiary/aromatic N) is 2. The minimum Gasteiger partial charge on any atom is -0.497 e. The predicted octanol–water partition coefficient (Wildman–Crippen LogP) is 5.67. The van der Waals surface area contributed by atoms with Gasteiger partial charge >= 0.3 is 0 Å². The van der Waals surface area contributed by atoms with Crippen LogP contribution in [0.3, 0.4) is 0 Å². The summed E-state index contributed by atoms with van der Waals surface area (Å²) in [6, 6.07) is 6.65. The third-order valence-electron chi connectivity index (χ3n) is 7.29. The molecule has 1 heterocycles. The highest BCUT2D eigenvalue weighted by atomic mass is 35.5. The molecule has 0 spiro atoms. The summed E-state index contributed by atoms with van der Waals surface area (Å²) >= 11 is 20.3. The van der Waals surface area contributed by atoms with Crippen LogP contribution in [0.25, 0.3) is 0 Å². The molecule has 1 aromatic heterocycles. The van der Waals surface area contributed by atoms with Gasteiger partial charge in [0.15, 0.2) is 5.13 Å². The Morgan fingerprint density at radius 1 is 1.21 bits per heavy atom. The van der Waals surface area contributed by atoms with Gasteiger partial charge in [0.1, 0.15) is 26.5 Å². The number of ether oxygens (including phenoxy) is 2. The van der Waals surface area contributed by atoms with Crippen LogP contribution in [0.1, 0.15) is 18.4 Å². The molecule has 2 aliphatic rings. The van der Waals surface area contributed by atoms with E-state index in [0.29, 0.717) is 29.9 Å². The van der Waals surface area contributed by atoms with Crippen LogP contribution in [0.15, 0.2) is 46.8 Å². The Bertz CT molecular complexity index is 1480. The summed E-state index contributed by atoms with van der Waals surface area (Å²) < 4.78 is 54.2. The lowest BCUT2D eigenvalue weighted by Crippen LogP contribution is -2.43. The molecule has 2 aliphatic carbocycles. The summed E-state index contributed by atoms with van der Waals surface area (Å²) in [5.74, 6) is 0.197. The molecule has 2 fully saturated rings. The van der Waals surface area contributed by atoms with Crippen molar-refractivity contribution in [2.45, 2.75) is 40.7 Å². The van der Waals surface area contributed by atoms with Gasteiger partial charge in [-0.2, -0.15) is 0 Å². The van der Waals surface area contributed by atoms with Gasteiger partial charge in [0, 0.05) is 35.3 Å². The molecular weight excluding hydrogens is 610 g/mol. The second-order valence-electron chi connectivity index (χ2n) is 9.54. The van der Waals surface area contributed by atoms with Crippen molar-refractivity contribution in [2.24, 2.45) is 17.6 Å². The monoisotopic (exact) mass is 634 g/mol. The van der Waals surface area contributed by atoms with Crippen LogP contribution in [0.5, 0.6) is 11.5 Å². The van der Waals surface area contributed by atoms with E-state index in [0.717, 1.165) is 27.8 Å². The molecule has 2 unspecified atom stereocenters. The van der Waals surface area contributed by atoms with Gasteiger partial charge in [0.2, 0.25) is 0 Å². The summed E-state index contributed by atoms with van der Waals surface area (Å²) in [4.78, 5) is 3.58. The lowest BCUT2D eigenvalue weighted by Gasteiger charge is -2.30. The Labute approximate surface area is 245 Å². The van der Waals surface area contributed by atoms with E-state index in [9.17, 15) is 8.42 Å². The first kappa shape index (κ1) is 28.5. The van der Waals surface area contributed by atoms with E-state index in [1.807, 2.05) is 0 Å². The van der Waals surface area contributed by atoms with E-state index >= 15 is 4.39 Å². The number of hydrogen-bond acceptors (Lipinski definition) is 8. The van der Waals surface area contributed by atoms with E-state index in [-0.39, 0.29) is 46.3 Å². The number of nitrogens with one attached hydrogen (secondary N) is 1. The van der Waals surface area contributed by atoms with Crippen LogP contribution >= 0.6 is 46.1 Å². The first-order valence-corrected chi connectivity index (χ1v) is 15.4. The molecule has 8 nitrogen and oxygen atoms in total. The molecule has 0 bridgehead atoms. The van der Waals surface area contributed by atoms with Gasteiger partial charge in [0.25, 0.3) is 10.0 Å². The molecule has 0 aliphatic heterocycles. The lowest BCUT2D eigenvalue weighted by atomic mass is 9.91. The standard InChI is InChI=1S/C25H26Cl3FN4O4S2/c1-36-14-4-3-13(22(7-14)37-2)12-33(24-31-5-6-38-24)39(34,35)23-10-17(26)20(11-18(23)29)32-21-9-16-15(8-19(21)30)25(16,27)28/h3-7,10-11,15-16,19,21,32H,8-9,12,30H2,1-2H3/t15?,16-,19-,21?/m0/s1. The van der Waals surface area contributed by atoms with Crippen molar-refractivity contribution in [1.29, 1.82) is 0 Å². The van der Waals surface area contributed by atoms with E-state index in [4.69, 9.17) is 50.0 Å². The number of alkyl halides is 2. The fraction of sp³-hybridized carbons (Fsp3) is 0.400. The average Bonchev–Trinajstić information content (AvgIpc) is 3.23. The first-order chi connectivity index (χ1) is 18.5. The molecule has 14 heteroatoms. The zero-order chi connectivity index (χ0) is 28.1. The average molecular weight is 636 g/mol. The number of rotatable bonds is 9. The van der Waals surface area contributed by atoms with Gasteiger partial charge < -0.3 is 20.5 Å². The molecule has 2 aromatic carbocycles. The SMILES string of the molecule is COc1ccc(CN(c2nccs2)S(=O)(=O)c2cc(Cl)c(NC3C[C@H]4C(C[C@@H]3N)C4(Cl)Cl)cc2F)c(OC)c1. The fourth-order valence-corrected chi connectivity index (χ4v) is 8.53. The van der Waals surface area contributed by atoms with Crippen molar-refractivity contribution in [3.63, 3.8) is 0 Å². The van der Waals surface area contributed by atoms with E-state index in [2.05, 4.69) is 10.3 Å². The number of hydrogen-bond donors (Lipinski definition) is 2. The summed E-state index contributed by atoms with van der Waals surface area (Å²) in [5, 5.41) is 4.99. The Hall–Kier alpha value is -2.02. The van der Waals surface area contributed by atoms with E-state index in [1.54, 1.807) is 23.6 Å². The third-order valence-corrected chi connectivity index (χ3v) is 11.4. The summed E-state index contributed by atoms with van der Waals surface area (Å²) in [5.41, 5.74) is 7.08. The largest absolute Gasteiger partial charge is 0.497 e. The summed E-state index contributed by atoms with van der Waals surface area (Å²) in [6.07, 6.45) is 2.69. The maximum Gasteiger partial charge on any atom is 0.269 e. The summed E-state index contributed by atoms with van der Waals surface area (Å²) in [6.45, 7) is -0.168. The Morgan fingerprint density at radius 3 is 2.62 bits per heavy atom. The zero-order valence-electron chi connectivity index (χ0n) is 20.9. The Balaban J connectivity index is 1.45. The van der Waals surface area contributed by atoms with Gasteiger partial charge in [-0.25, -0.2) is 22.1 Å². The van der Waals surface area contributed by atoms with Crippen molar-refractivity contribution in [3.8, 4) is 11.5 Å². The van der Waals surface area contributed by atoms with Gasteiger partial charge in [-0.15, -0.1) is 34.5 Å². The molecule has 5 rings (SSSR count). The van der Waals surface area contributed by atoms with Crippen LogP contribution in [-0.4, -0.2) is 44.0 Å². The minimum atomic E-state index is -4.45. The Morgan fingerprint density at radius 2 is 1.95 bits per heavy atom. The Kier molecular flexibility index (Phi) is 7.86. The molecule has 0 radical (unpaired) electrons. The van der Waals surface area contributed by atoms with Crippen LogP contribution in [0.2, 0.25) is 5.02 Å². The van der Waals surface area contributed by atoms with Crippen molar-refractivity contribution in [2.75, 3.05) is 23.8 Å². The lowest BCUT2D eigenvalue weighted by molar-refractivity contribution is 0.387. The van der Waals surface area contributed by atoms with Crippen molar-refractivity contribution < 1.29 is 22.3 Å². The minimum absolute atomic E-state index is 0.0317. The first-order valence-electron chi connectivity index (χ1n) is 12.0. The molecule has 3 N–H and O–H groups in total. The van der Waals surface area contributed by atoms with Crippen LogP contribution in [0.4, 0.5) is 15.2 Å². The van der Waals surface area contributed by atoms with Crippen molar-refractivity contribution in [3.05, 3.63) is 58.3 Å². The number of sulfonamides is 1. The second kappa shape index (κ2) is 10.8. The number of aromatic nitrogens is 1. The molecule has 0 saturated heterocycles. The number of nitrogens with two attached hydrogens (primary N) is 1. The molecule has 39 heavy (non-hydrogen) atoms. The second-order valence-corrected chi connectivity index (χ2v) is 14.1. The predicted molar refractivity (Wildman–Crippen MR) is 152 cm³/mol. The maximum absolute atomic E-state index is 15.5. The number of benzene rings is 2. The van der Waals surface area contributed by atoms with Crippen LogP contribution in [-0.2, 0) is 16.6 Å². The van der Waals surface area contributed by atoms with E-state index in [1.165, 1.54) is 20.4 Å². The molecule has 210 valence electrons. The smallest absolute Gasteiger partial charge is 0.269 e. The summed E-state index contributed by atoms with van der Waals surface area (Å²) in [7, 11) is -1.47. The molecule has 3 aromatic rings. The van der Waals surface area contributed by atoms with Crippen LogP contribution < -0.4 is 24.8 Å². The highest BCUT2D eigenvalue weighted by Crippen LogP contribution is 2.65. The normalized spacial score (nSPS) is 23.6. The van der Waals surface area contributed by atoms with E-state index < -0.39 is 25.1 Å². The number of anilines is 2. The number of methoxy groups -OCH3 is 2. The fourth-order valence-electron chi connectivity index (χ4n) is 5.06. The number of fused-ring (bicyclic) bond motifs is 1. The number of thiazole rings is 1. The molecule has 0 amide bonds. The topological polar surface area (TPSA) is 107 Å². The van der Waals surface area contributed by atoms with Gasteiger partial charge in [0.05, 0.1) is 31.5 Å². The van der Waals surface area contributed by atoms with Crippen molar-refractivity contribution in [1.82, 2.24) is 4.98 Å². The molecule has 2 saturated carbocycles. The van der Waals surface area contributed by atoms with Crippen LogP contribution in [0, 0.1) is 17.7 Å². The quantitative estimate of drug-likeness (QED) is 0.292. The maximum atomic E-state index is 15.5. The highest BCUT2D eigenvalue weighted by molar-refractivity contribution is 7.93.